The number of alkyl halides is 6. The van der Waals surface area contributed by atoms with Crippen LogP contribution < -0.4 is 10.1 Å². The number of carbonyl (C=O) groups is 1. The van der Waals surface area contributed by atoms with Crippen molar-refractivity contribution in [3.8, 4) is 5.75 Å². The Hall–Kier alpha value is -3.31. The summed E-state index contributed by atoms with van der Waals surface area (Å²) >= 11 is 0. The number of hydrogen-bond acceptors (Lipinski definition) is 4. The number of aromatic nitrogens is 3. The molecule has 1 fully saturated rings. The van der Waals surface area contributed by atoms with Gasteiger partial charge in [0.05, 0.1) is 28.4 Å². The summed E-state index contributed by atoms with van der Waals surface area (Å²) in [5.41, 5.74) is -1.75. The van der Waals surface area contributed by atoms with Crippen LogP contribution in [0.15, 0.2) is 36.8 Å². The van der Waals surface area contributed by atoms with Gasteiger partial charge in [0.15, 0.2) is 5.75 Å². The molecule has 2 aromatic heterocycles. The highest BCUT2D eigenvalue weighted by molar-refractivity contribution is 6.06. The number of fused-ring (bicyclic) bond motifs is 1. The van der Waals surface area contributed by atoms with E-state index in [1.54, 1.807) is 10.9 Å². The summed E-state index contributed by atoms with van der Waals surface area (Å²) in [6, 6.07) is 2.97. The number of ether oxygens (including phenoxy) is 1. The predicted molar refractivity (Wildman–Crippen MR) is 119 cm³/mol. The summed E-state index contributed by atoms with van der Waals surface area (Å²) in [6.45, 7) is 4.36. The first-order valence-corrected chi connectivity index (χ1v) is 11.4. The molecule has 0 spiro atoms. The van der Waals surface area contributed by atoms with Crippen LogP contribution in [0.3, 0.4) is 0 Å². The molecule has 4 rings (SSSR count). The normalized spacial score (nSPS) is 19.0. The maximum atomic E-state index is 13.1. The first-order chi connectivity index (χ1) is 16.8. The molecule has 0 bridgehead atoms. The highest BCUT2D eigenvalue weighted by Gasteiger charge is 2.34. The predicted octanol–water partition coefficient (Wildman–Crippen LogP) is 6.99. The monoisotopic (exact) mass is 514 g/mol. The average molecular weight is 514 g/mol. The summed E-state index contributed by atoms with van der Waals surface area (Å²) in [5, 5.41) is 7.11. The van der Waals surface area contributed by atoms with Crippen LogP contribution in [0.2, 0.25) is 0 Å². The molecular formula is C24H24F6N4O2. The summed E-state index contributed by atoms with van der Waals surface area (Å²) in [4.78, 5) is 16.0. The van der Waals surface area contributed by atoms with Gasteiger partial charge in [-0.25, -0.2) is 0 Å². The standard InChI is InChI=1S/C24H24F6N4O2/c1-13(2)14-3-5-18(6-4-14)34-12-16-8-20(21(9-19(16)33-34)36-24(28,29)30)32-22(35)15-7-17(11-31-10-15)23(25,26)27/h7-14,18H,3-6H2,1-2H3,(H,32,35). The smallest absolute Gasteiger partial charge is 0.403 e. The molecule has 1 N–H and O–H groups in total. The van der Waals surface area contributed by atoms with E-state index in [4.69, 9.17) is 0 Å². The van der Waals surface area contributed by atoms with Crippen LogP contribution in [-0.2, 0) is 6.18 Å². The van der Waals surface area contributed by atoms with Gasteiger partial charge in [-0.1, -0.05) is 13.8 Å². The third-order valence-corrected chi connectivity index (χ3v) is 6.48. The lowest BCUT2D eigenvalue weighted by atomic mass is 9.80. The maximum absolute atomic E-state index is 13.1. The van der Waals surface area contributed by atoms with Crippen LogP contribution in [0.5, 0.6) is 5.75 Å². The number of anilines is 1. The second kappa shape index (κ2) is 9.62. The molecule has 36 heavy (non-hydrogen) atoms. The average Bonchev–Trinajstić information content (AvgIpc) is 3.20. The van der Waals surface area contributed by atoms with Crippen LogP contribution in [0.25, 0.3) is 10.9 Å². The molecule has 1 aliphatic carbocycles. The number of hydrogen-bond donors (Lipinski definition) is 1. The van der Waals surface area contributed by atoms with Crippen molar-refractivity contribution in [2.45, 2.75) is 58.1 Å². The van der Waals surface area contributed by atoms with E-state index >= 15 is 0 Å². The van der Waals surface area contributed by atoms with E-state index < -0.39 is 35.3 Å². The lowest BCUT2D eigenvalue weighted by Gasteiger charge is -2.30. The van der Waals surface area contributed by atoms with Gasteiger partial charge in [0.25, 0.3) is 5.91 Å². The Bertz CT molecular complexity index is 1240. The van der Waals surface area contributed by atoms with Crippen LogP contribution in [0.1, 0.15) is 61.5 Å². The van der Waals surface area contributed by atoms with Gasteiger partial charge in [-0.2, -0.15) is 18.3 Å². The Labute approximate surface area is 202 Å². The molecule has 0 unspecified atom stereocenters. The lowest BCUT2D eigenvalue weighted by Crippen LogP contribution is -2.21. The van der Waals surface area contributed by atoms with Gasteiger partial charge < -0.3 is 10.1 Å². The molecule has 2 heterocycles. The van der Waals surface area contributed by atoms with Crippen molar-refractivity contribution >= 4 is 22.5 Å². The first kappa shape index (κ1) is 25.8. The van der Waals surface area contributed by atoms with Crippen molar-refractivity contribution in [2.24, 2.45) is 11.8 Å². The van der Waals surface area contributed by atoms with Crippen molar-refractivity contribution < 1.29 is 35.9 Å². The van der Waals surface area contributed by atoms with Gasteiger partial charge in [0.2, 0.25) is 0 Å². The minimum absolute atomic E-state index is 0.0913. The zero-order valence-corrected chi connectivity index (χ0v) is 19.5. The zero-order chi connectivity index (χ0) is 26.3. The summed E-state index contributed by atoms with van der Waals surface area (Å²) in [6.07, 6.45) is -2.87. The molecule has 1 aromatic carbocycles. The molecule has 194 valence electrons. The number of nitrogens with one attached hydrogen (secondary N) is 1. The molecule has 1 amide bonds. The van der Waals surface area contributed by atoms with Crippen LogP contribution >= 0.6 is 0 Å². The summed E-state index contributed by atoms with van der Waals surface area (Å²) in [5.74, 6) is -0.607. The zero-order valence-electron chi connectivity index (χ0n) is 19.5. The first-order valence-electron chi connectivity index (χ1n) is 11.4. The number of pyridine rings is 1. The number of rotatable bonds is 5. The van der Waals surface area contributed by atoms with Gasteiger partial charge in [-0.15, -0.1) is 13.2 Å². The van der Waals surface area contributed by atoms with Crippen molar-refractivity contribution in [1.29, 1.82) is 0 Å². The molecule has 0 atom stereocenters. The molecule has 12 heteroatoms. The fourth-order valence-corrected chi connectivity index (χ4v) is 4.51. The highest BCUT2D eigenvalue weighted by atomic mass is 19.4. The highest BCUT2D eigenvalue weighted by Crippen LogP contribution is 2.38. The minimum Gasteiger partial charge on any atom is -0.403 e. The second-order valence-corrected chi connectivity index (χ2v) is 9.29. The molecule has 0 radical (unpaired) electrons. The number of benzene rings is 1. The molecular weight excluding hydrogens is 490 g/mol. The third-order valence-electron chi connectivity index (χ3n) is 6.48. The Kier molecular flexibility index (Phi) is 6.89. The topological polar surface area (TPSA) is 69.0 Å². The number of halogens is 6. The van der Waals surface area contributed by atoms with Crippen molar-refractivity contribution in [2.75, 3.05) is 5.32 Å². The van der Waals surface area contributed by atoms with E-state index in [0.29, 0.717) is 29.5 Å². The lowest BCUT2D eigenvalue weighted by molar-refractivity contribution is -0.274. The summed E-state index contributed by atoms with van der Waals surface area (Å²) < 4.78 is 83.9. The van der Waals surface area contributed by atoms with Crippen molar-refractivity contribution in [3.63, 3.8) is 0 Å². The molecule has 0 aliphatic heterocycles. The van der Waals surface area contributed by atoms with E-state index in [2.05, 4.69) is 34.0 Å². The fourth-order valence-electron chi connectivity index (χ4n) is 4.51. The van der Waals surface area contributed by atoms with Crippen molar-refractivity contribution in [3.05, 3.63) is 47.9 Å². The Morgan fingerprint density at radius 2 is 1.75 bits per heavy atom. The van der Waals surface area contributed by atoms with E-state index in [-0.39, 0.29) is 17.2 Å². The SMILES string of the molecule is CC(C)C1CCC(n2cc3cc(NC(=O)c4cncc(C(F)(F)F)c4)c(OC(F)(F)F)cc3n2)CC1. The quantitative estimate of drug-likeness (QED) is 0.373. The molecule has 0 saturated heterocycles. The van der Waals surface area contributed by atoms with E-state index in [1.807, 2.05) is 0 Å². The van der Waals surface area contributed by atoms with Gasteiger partial charge in [-0.05, 0) is 49.7 Å². The number of carbonyl (C=O) groups excluding carboxylic acids is 1. The third kappa shape index (κ3) is 5.90. The second-order valence-electron chi connectivity index (χ2n) is 9.29. The van der Waals surface area contributed by atoms with Crippen LogP contribution in [0, 0.1) is 11.8 Å². The minimum atomic E-state index is -5.07. The largest absolute Gasteiger partial charge is 0.573 e. The number of amides is 1. The fraction of sp³-hybridized carbons (Fsp3) is 0.458. The van der Waals surface area contributed by atoms with Crippen molar-refractivity contribution in [1.82, 2.24) is 14.8 Å². The Balaban J connectivity index is 1.64. The molecule has 1 aliphatic rings. The Morgan fingerprint density at radius 3 is 2.36 bits per heavy atom. The van der Waals surface area contributed by atoms with Crippen LogP contribution in [0.4, 0.5) is 32.0 Å². The van der Waals surface area contributed by atoms with E-state index in [9.17, 15) is 31.1 Å². The van der Waals surface area contributed by atoms with Gasteiger partial charge in [-0.3, -0.25) is 14.5 Å². The molecule has 3 aromatic rings. The van der Waals surface area contributed by atoms with Gasteiger partial charge in [0.1, 0.15) is 0 Å². The molecule has 6 nitrogen and oxygen atoms in total. The number of nitrogens with zero attached hydrogens (tertiary/aromatic N) is 3. The van der Waals surface area contributed by atoms with Gasteiger partial charge in [0, 0.05) is 30.0 Å². The van der Waals surface area contributed by atoms with E-state index in [0.717, 1.165) is 37.9 Å². The maximum Gasteiger partial charge on any atom is 0.573 e. The molecule has 1 saturated carbocycles. The van der Waals surface area contributed by atoms with Gasteiger partial charge >= 0.3 is 12.5 Å². The van der Waals surface area contributed by atoms with E-state index in [1.165, 1.54) is 6.07 Å². The summed E-state index contributed by atoms with van der Waals surface area (Å²) in [7, 11) is 0. The Morgan fingerprint density at radius 1 is 1.06 bits per heavy atom. The van der Waals surface area contributed by atoms with Crippen LogP contribution in [-0.4, -0.2) is 27.0 Å².